The van der Waals surface area contributed by atoms with E-state index in [-0.39, 0.29) is 17.0 Å². The number of hydrogen-bond acceptors (Lipinski definition) is 4. The lowest BCUT2D eigenvalue weighted by molar-refractivity contribution is 0.192. The molecule has 7 heteroatoms. The van der Waals surface area contributed by atoms with Crippen LogP contribution in [0.4, 0.5) is 0 Å². The van der Waals surface area contributed by atoms with Crippen LogP contribution in [0.25, 0.3) is 0 Å². The maximum absolute atomic E-state index is 12.8. The van der Waals surface area contributed by atoms with Gasteiger partial charge in [-0.3, -0.25) is 0 Å². The summed E-state index contributed by atoms with van der Waals surface area (Å²) < 4.78 is 28.9. The Kier molecular flexibility index (Phi) is 4.51. The van der Waals surface area contributed by atoms with E-state index in [1.54, 1.807) is 10.5 Å². The molecule has 1 saturated heterocycles. The van der Waals surface area contributed by atoms with Crippen molar-refractivity contribution in [3.05, 3.63) is 12.0 Å². The van der Waals surface area contributed by atoms with Gasteiger partial charge in [0.1, 0.15) is 5.82 Å². The van der Waals surface area contributed by atoms with Crippen LogP contribution in [0.1, 0.15) is 32.5 Å². The fourth-order valence-electron chi connectivity index (χ4n) is 2.90. The minimum absolute atomic E-state index is 0.124. The van der Waals surface area contributed by atoms with E-state index in [1.165, 1.54) is 0 Å². The van der Waals surface area contributed by atoms with Crippen LogP contribution >= 0.6 is 0 Å². The molecule has 1 aromatic heterocycles. The minimum atomic E-state index is -3.55. The number of aryl methyl sites for hydroxylation is 2. The molecule has 0 bridgehead atoms. The lowest BCUT2D eigenvalue weighted by Gasteiger charge is -2.37. The fraction of sp³-hybridized carbons (Fsp3) is 0.769. The number of piperidine rings is 1. The van der Waals surface area contributed by atoms with Gasteiger partial charge in [0.2, 0.25) is 0 Å². The summed E-state index contributed by atoms with van der Waals surface area (Å²) in [4.78, 5) is 4.21. The Morgan fingerprint density at radius 3 is 2.75 bits per heavy atom. The van der Waals surface area contributed by atoms with Crippen molar-refractivity contribution < 1.29 is 8.42 Å². The van der Waals surface area contributed by atoms with E-state index in [1.807, 2.05) is 18.4 Å². The highest BCUT2D eigenvalue weighted by Crippen LogP contribution is 2.28. The van der Waals surface area contributed by atoms with Gasteiger partial charge in [-0.15, -0.1) is 0 Å². The molecule has 6 nitrogen and oxygen atoms in total. The molecule has 2 N–H and O–H groups in total. The summed E-state index contributed by atoms with van der Waals surface area (Å²) >= 11 is 0. The van der Waals surface area contributed by atoms with Crippen molar-refractivity contribution in [2.75, 3.05) is 13.1 Å². The summed E-state index contributed by atoms with van der Waals surface area (Å²) in [6, 6.07) is -0.124. The van der Waals surface area contributed by atoms with Crippen LogP contribution in [-0.4, -0.2) is 41.4 Å². The SMILES string of the molecule is CCn1cc(S(=O)(=O)N2CCCC(C)C2CN)nc1C. The Morgan fingerprint density at radius 1 is 1.50 bits per heavy atom. The number of rotatable bonds is 4. The third kappa shape index (κ3) is 2.62. The number of nitrogens with zero attached hydrogens (tertiary/aromatic N) is 3. The van der Waals surface area contributed by atoms with Crippen molar-refractivity contribution in [3.63, 3.8) is 0 Å². The molecule has 1 aromatic rings. The highest BCUT2D eigenvalue weighted by atomic mass is 32.2. The average Bonchev–Trinajstić information content (AvgIpc) is 2.80. The topological polar surface area (TPSA) is 81.2 Å². The summed E-state index contributed by atoms with van der Waals surface area (Å²) in [6.45, 7) is 7.46. The predicted octanol–water partition coefficient (Wildman–Crippen LogP) is 0.959. The summed E-state index contributed by atoms with van der Waals surface area (Å²) in [5.74, 6) is 1.01. The van der Waals surface area contributed by atoms with Gasteiger partial charge in [0, 0.05) is 31.9 Å². The number of hydrogen-bond donors (Lipinski definition) is 1. The second-order valence-electron chi connectivity index (χ2n) is 5.45. The molecule has 2 atom stereocenters. The molecule has 1 aliphatic heterocycles. The van der Waals surface area contributed by atoms with Crippen LogP contribution in [0.5, 0.6) is 0 Å². The highest BCUT2D eigenvalue weighted by molar-refractivity contribution is 7.89. The Bertz CT molecular complexity index is 567. The van der Waals surface area contributed by atoms with E-state index in [2.05, 4.69) is 11.9 Å². The van der Waals surface area contributed by atoms with Gasteiger partial charge in [-0.2, -0.15) is 4.31 Å². The molecule has 0 spiro atoms. The largest absolute Gasteiger partial charge is 0.334 e. The third-order valence-electron chi connectivity index (χ3n) is 4.17. The number of imidazole rings is 1. The molecule has 20 heavy (non-hydrogen) atoms. The fourth-order valence-corrected chi connectivity index (χ4v) is 4.67. The van der Waals surface area contributed by atoms with Gasteiger partial charge in [-0.1, -0.05) is 6.92 Å². The van der Waals surface area contributed by atoms with Gasteiger partial charge in [-0.05, 0) is 32.6 Å². The smallest absolute Gasteiger partial charge is 0.262 e. The monoisotopic (exact) mass is 300 g/mol. The second kappa shape index (κ2) is 5.83. The maximum atomic E-state index is 12.8. The predicted molar refractivity (Wildman–Crippen MR) is 77.8 cm³/mol. The van der Waals surface area contributed by atoms with Crippen molar-refractivity contribution in [1.29, 1.82) is 0 Å². The van der Waals surface area contributed by atoms with Crippen molar-refractivity contribution in [3.8, 4) is 0 Å². The van der Waals surface area contributed by atoms with E-state index in [4.69, 9.17) is 5.73 Å². The molecule has 1 aliphatic rings. The molecule has 0 aromatic carbocycles. The Hall–Kier alpha value is -0.920. The van der Waals surface area contributed by atoms with Crippen LogP contribution in [-0.2, 0) is 16.6 Å². The molecule has 1 fully saturated rings. The van der Waals surface area contributed by atoms with Crippen LogP contribution in [0, 0.1) is 12.8 Å². The van der Waals surface area contributed by atoms with E-state index >= 15 is 0 Å². The van der Waals surface area contributed by atoms with Gasteiger partial charge in [0.05, 0.1) is 0 Å². The zero-order valence-electron chi connectivity index (χ0n) is 12.4. The van der Waals surface area contributed by atoms with Crippen molar-refractivity contribution in [2.45, 2.75) is 51.2 Å². The lowest BCUT2D eigenvalue weighted by Crippen LogP contribution is -2.51. The number of aromatic nitrogens is 2. The quantitative estimate of drug-likeness (QED) is 0.898. The molecule has 0 aliphatic carbocycles. The third-order valence-corrected chi connectivity index (χ3v) is 5.97. The van der Waals surface area contributed by atoms with Gasteiger partial charge >= 0.3 is 0 Å². The molecule has 2 rings (SSSR count). The maximum Gasteiger partial charge on any atom is 0.262 e. The molecule has 0 saturated carbocycles. The Balaban J connectivity index is 2.37. The van der Waals surface area contributed by atoms with Gasteiger partial charge < -0.3 is 10.3 Å². The summed E-state index contributed by atoms with van der Waals surface area (Å²) in [5, 5.41) is 0.143. The first-order chi connectivity index (χ1) is 9.41. The average molecular weight is 300 g/mol. The minimum Gasteiger partial charge on any atom is -0.334 e. The molecule has 0 amide bonds. The molecule has 2 unspecified atom stereocenters. The standard InChI is InChI=1S/C13H24N4O2S/c1-4-16-9-13(15-11(16)3)20(18,19)17-7-5-6-10(2)12(17)8-14/h9-10,12H,4-8,14H2,1-3H3. The zero-order chi connectivity index (χ0) is 14.9. The van der Waals surface area contributed by atoms with Crippen LogP contribution in [0.2, 0.25) is 0 Å². The molecular weight excluding hydrogens is 276 g/mol. The lowest BCUT2D eigenvalue weighted by atomic mass is 9.93. The van der Waals surface area contributed by atoms with Crippen LogP contribution in [0.15, 0.2) is 11.2 Å². The molecule has 2 heterocycles. The van der Waals surface area contributed by atoms with E-state index in [9.17, 15) is 8.42 Å². The highest BCUT2D eigenvalue weighted by Gasteiger charge is 2.37. The van der Waals surface area contributed by atoms with Crippen LogP contribution < -0.4 is 5.73 Å². The number of sulfonamides is 1. The first-order valence-corrected chi connectivity index (χ1v) is 8.61. The van der Waals surface area contributed by atoms with Crippen LogP contribution in [0.3, 0.4) is 0 Å². The van der Waals surface area contributed by atoms with Gasteiger partial charge in [0.25, 0.3) is 10.0 Å². The van der Waals surface area contributed by atoms with E-state index in [0.29, 0.717) is 19.6 Å². The van der Waals surface area contributed by atoms with Crippen molar-refractivity contribution >= 4 is 10.0 Å². The first-order valence-electron chi connectivity index (χ1n) is 7.17. The molecule has 0 radical (unpaired) electrons. The van der Waals surface area contributed by atoms with E-state index < -0.39 is 10.0 Å². The van der Waals surface area contributed by atoms with Gasteiger partial charge in [0.15, 0.2) is 5.03 Å². The summed E-state index contributed by atoms with van der Waals surface area (Å²) in [5.41, 5.74) is 5.79. The van der Waals surface area contributed by atoms with Gasteiger partial charge in [-0.25, -0.2) is 13.4 Å². The molecular formula is C13H24N4O2S. The Morgan fingerprint density at radius 2 is 2.20 bits per heavy atom. The number of nitrogens with two attached hydrogens (primary N) is 1. The van der Waals surface area contributed by atoms with E-state index in [0.717, 1.165) is 18.7 Å². The zero-order valence-corrected chi connectivity index (χ0v) is 13.2. The molecule has 114 valence electrons. The van der Waals surface area contributed by atoms with Crippen molar-refractivity contribution in [2.24, 2.45) is 11.7 Å². The summed E-state index contributed by atoms with van der Waals surface area (Å²) in [6.07, 6.45) is 3.53. The van der Waals surface area contributed by atoms with Crippen molar-refractivity contribution in [1.82, 2.24) is 13.9 Å². The second-order valence-corrected chi connectivity index (χ2v) is 7.29. The summed E-state index contributed by atoms with van der Waals surface area (Å²) in [7, 11) is -3.55. The first kappa shape index (κ1) is 15.5. The normalized spacial score (nSPS) is 25.0. The Labute approximate surface area is 121 Å².